The maximum absolute atomic E-state index is 12.7. The largest absolute Gasteiger partial charge is 0.318 e. The fourth-order valence-electron chi connectivity index (χ4n) is 3.83. The van der Waals surface area contributed by atoms with Gasteiger partial charge in [0.25, 0.3) is 5.91 Å². The predicted molar refractivity (Wildman–Crippen MR) is 129 cm³/mol. The first kappa shape index (κ1) is 21.3. The molecule has 0 saturated carbocycles. The minimum Gasteiger partial charge on any atom is -0.318 e. The molecule has 1 aromatic carbocycles. The van der Waals surface area contributed by atoms with Gasteiger partial charge in [-0.3, -0.25) is 10.2 Å². The van der Waals surface area contributed by atoms with Crippen molar-refractivity contribution in [2.45, 2.75) is 47.5 Å². The zero-order chi connectivity index (χ0) is 22.3. The maximum atomic E-state index is 12.7. The van der Waals surface area contributed by atoms with Gasteiger partial charge >= 0.3 is 0 Å². The summed E-state index contributed by atoms with van der Waals surface area (Å²) < 4.78 is 2.17. The molecular formula is C24H27N5OS. The third-order valence-corrected chi connectivity index (χ3v) is 6.38. The SMILES string of the molecule is CCc1ccc(-n2c(C)cc(/C=C3/C(=N)N4N=C(CC(C)C)SC4=NC3=O)c2C)cc1. The fraction of sp³-hybridized carbons (Fsp3) is 0.333. The minimum atomic E-state index is -0.387. The third-order valence-electron chi connectivity index (χ3n) is 5.45. The molecule has 1 amide bonds. The molecule has 0 radical (unpaired) electrons. The number of hydrogen-bond donors (Lipinski definition) is 1. The Labute approximate surface area is 187 Å². The van der Waals surface area contributed by atoms with E-state index in [-0.39, 0.29) is 17.3 Å². The highest BCUT2D eigenvalue weighted by Crippen LogP contribution is 2.31. The molecule has 31 heavy (non-hydrogen) atoms. The van der Waals surface area contributed by atoms with E-state index in [0.717, 1.165) is 40.5 Å². The zero-order valence-electron chi connectivity index (χ0n) is 18.6. The van der Waals surface area contributed by atoms with Crippen molar-refractivity contribution in [3.05, 3.63) is 58.4 Å². The van der Waals surface area contributed by atoms with Crippen molar-refractivity contribution in [1.82, 2.24) is 9.58 Å². The average molecular weight is 434 g/mol. The number of aromatic nitrogens is 1. The van der Waals surface area contributed by atoms with E-state index in [1.54, 1.807) is 6.08 Å². The van der Waals surface area contributed by atoms with E-state index in [1.807, 2.05) is 19.9 Å². The van der Waals surface area contributed by atoms with Gasteiger partial charge in [0, 0.05) is 23.5 Å². The quantitative estimate of drug-likeness (QED) is 0.648. The van der Waals surface area contributed by atoms with E-state index < -0.39 is 0 Å². The lowest BCUT2D eigenvalue weighted by Crippen LogP contribution is -2.35. The third kappa shape index (κ3) is 4.02. The summed E-state index contributed by atoms with van der Waals surface area (Å²) in [6.45, 7) is 10.5. The van der Waals surface area contributed by atoms with Crippen LogP contribution in [0.2, 0.25) is 0 Å². The summed E-state index contributed by atoms with van der Waals surface area (Å²) in [6, 6.07) is 10.6. The van der Waals surface area contributed by atoms with E-state index in [1.165, 1.54) is 22.3 Å². The van der Waals surface area contributed by atoms with Crippen LogP contribution in [0.4, 0.5) is 0 Å². The van der Waals surface area contributed by atoms with Crippen molar-refractivity contribution in [2.75, 3.05) is 0 Å². The van der Waals surface area contributed by atoms with Crippen LogP contribution in [0.25, 0.3) is 11.8 Å². The fourth-order valence-corrected chi connectivity index (χ4v) is 4.93. The molecule has 2 aromatic rings. The second-order valence-corrected chi connectivity index (χ2v) is 9.33. The van der Waals surface area contributed by atoms with Crippen LogP contribution in [-0.4, -0.2) is 31.5 Å². The number of nitrogens with one attached hydrogen (secondary N) is 1. The Kier molecular flexibility index (Phi) is 5.71. The lowest BCUT2D eigenvalue weighted by molar-refractivity contribution is -0.114. The van der Waals surface area contributed by atoms with Gasteiger partial charge in [-0.1, -0.05) is 32.9 Å². The van der Waals surface area contributed by atoms with E-state index >= 15 is 0 Å². The Morgan fingerprint density at radius 3 is 2.55 bits per heavy atom. The summed E-state index contributed by atoms with van der Waals surface area (Å²) in [6.07, 6.45) is 3.58. The topological polar surface area (TPSA) is 73.8 Å². The smallest absolute Gasteiger partial charge is 0.283 e. The number of carbonyl (C=O) groups is 1. The number of aryl methyl sites for hydroxylation is 2. The molecule has 160 valence electrons. The number of aliphatic imine (C=N–C) groups is 1. The summed E-state index contributed by atoms with van der Waals surface area (Å²) in [4.78, 5) is 16.9. The van der Waals surface area contributed by atoms with Crippen LogP contribution in [-0.2, 0) is 11.2 Å². The van der Waals surface area contributed by atoms with Crippen molar-refractivity contribution in [3.63, 3.8) is 0 Å². The molecule has 6 nitrogen and oxygen atoms in total. The Bertz CT molecular complexity index is 1150. The monoisotopic (exact) mass is 433 g/mol. The van der Waals surface area contributed by atoms with Crippen LogP contribution < -0.4 is 0 Å². The number of nitrogens with zero attached hydrogens (tertiary/aromatic N) is 4. The lowest BCUT2D eigenvalue weighted by Gasteiger charge is -2.20. The number of amides is 1. The molecule has 1 N–H and O–H groups in total. The molecular weight excluding hydrogens is 406 g/mol. The zero-order valence-corrected chi connectivity index (χ0v) is 19.4. The molecule has 0 bridgehead atoms. The minimum absolute atomic E-state index is 0.0818. The second-order valence-electron chi connectivity index (χ2n) is 8.29. The Hall–Kier alpha value is -2.93. The number of amidine groups is 2. The molecule has 0 atom stereocenters. The number of fused-ring (bicyclic) bond motifs is 1. The first-order valence-electron chi connectivity index (χ1n) is 10.6. The lowest BCUT2D eigenvalue weighted by atomic mass is 10.1. The Morgan fingerprint density at radius 1 is 1.19 bits per heavy atom. The maximum Gasteiger partial charge on any atom is 0.283 e. The van der Waals surface area contributed by atoms with E-state index in [4.69, 9.17) is 5.41 Å². The first-order chi connectivity index (χ1) is 14.8. The van der Waals surface area contributed by atoms with Crippen molar-refractivity contribution in [3.8, 4) is 5.69 Å². The molecule has 0 saturated heterocycles. The first-order valence-corrected chi connectivity index (χ1v) is 11.4. The number of thioether (sulfide) groups is 1. The van der Waals surface area contributed by atoms with Gasteiger partial charge in [-0.05, 0) is 73.4 Å². The van der Waals surface area contributed by atoms with Crippen molar-refractivity contribution >= 4 is 39.8 Å². The standard InChI is InChI=1S/C24H27N5OS/c1-6-17-7-9-19(10-8-17)28-15(4)12-18(16(28)5)13-20-22(25)29-24(26-23(20)30)31-21(27-29)11-14(2)3/h7-10,12-14,25H,6,11H2,1-5H3/b20-13-,25-22?. The normalized spacial score (nSPS) is 17.5. The van der Waals surface area contributed by atoms with Gasteiger partial charge in [0.1, 0.15) is 5.04 Å². The number of benzene rings is 1. The van der Waals surface area contributed by atoms with Gasteiger partial charge < -0.3 is 4.57 Å². The summed E-state index contributed by atoms with van der Waals surface area (Å²) in [5.74, 6) is 0.144. The van der Waals surface area contributed by atoms with Crippen LogP contribution in [0.15, 0.2) is 46.0 Å². The van der Waals surface area contributed by atoms with Gasteiger partial charge in [-0.25, -0.2) is 0 Å². The molecule has 0 fully saturated rings. The van der Waals surface area contributed by atoms with Crippen molar-refractivity contribution in [1.29, 1.82) is 5.41 Å². The molecule has 0 spiro atoms. The number of hydrazone groups is 1. The summed E-state index contributed by atoms with van der Waals surface area (Å²) >= 11 is 1.38. The van der Waals surface area contributed by atoms with Crippen molar-refractivity contribution in [2.24, 2.45) is 16.0 Å². The van der Waals surface area contributed by atoms with Gasteiger partial charge in [0.15, 0.2) is 5.84 Å². The molecule has 7 heteroatoms. The van der Waals surface area contributed by atoms with E-state index in [9.17, 15) is 4.79 Å². The van der Waals surface area contributed by atoms with E-state index in [0.29, 0.717) is 11.1 Å². The van der Waals surface area contributed by atoms with Crippen LogP contribution in [0.3, 0.4) is 0 Å². The van der Waals surface area contributed by atoms with E-state index in [2.05, 4.69) is 59.7 Å². The molecule has 3 heterocycles. The summed E-state index contributed by atoms with van der Waals surface area (Å²) in [5.41, 5.74) is 5.64. The van der Waals surface area contributed by atoms with Crippen LogP contribution in [0.1, 0.15) is 49.7 Å². The van der Waals surface area contributed by atoms with Gasteiger partial charge in [0.05, 0.1) is 5.57 Å². The van der Waals surface area contributed by atoms with Crippen LogP contribution in [0.5, 0.6) is 0 Å². The molecule has 0 unspecified atom stereocenters. The van der Waals surface area contributed by atoms with Crippen molar-refractivity contribution < 1.29 is 4.79 Å². The molecule has 2 aliphatic heterocycles. The molecule has 2 aliphatic rings. The van der Waals surface area contributed by atoms with Crippen LogP contribution >= 0.6 is 11.8 Å². The number of carbonyl (C=O) groups excluding carboxylic acids is 1. The molecule has 0 aliphatic carbocycles. The number of rotatable bonds is 5. The summed E-state index contributed by atoms with van der Waals surface area (Å²) in [5, 5.41) is 16.0. The van der Waals surface area contributed by atoms with Gasteiger partial charge in [-0.15, -0.1) is 0 Å². The number of hydrogen-bond acceptors (Lipinski definition) is 4. The highest BCUT2D eigenvalue weighted by Gasteiger charge is 2.35. The predicted octanol–water partition coefficient (Wildman–Crippen LogP) is 5.32. The Balaban J connectivity index is 1.68. The highest BCUT2D eigenvalue weighted by atomic mass is 32.2. The average Bonchev–Trinajstić information content (AvgIpc) is 3.24. The highest BCUT2D eigenvalue weighted by molar-refractivity contribution is 8.26. The summed E-state index contributed by atoms with van der Waals surface area (Å²) in [7, 11) is 0. The second kappa shape index (κ2) is 8.30. The van der Waals surface area contributed by atoms with Crippen LogP contribution in [0, 0.1) is 25.2 Å². The molecule has 1 aromatic heterocycles. The Morgan fingerprint density at radius 2 is 1.90 bits per heavy atom. The van der Waals surface area contributed by atoms with Gasteiger partial charge in [0.2, 0.25) is 5.17 Å². The van der Waals surface area contributed by atoms with Gasteiger partial charge in [-0.2, -0.15) is 15.1 Å². The molecule has 4 rings (SSSR count).